The second-order valence-electron chi connectivity index (χ2n) is 7.95. The van der Waals surface area contributed by atoms with Gasteiger partial charge in [0, 0.05) is 49.9 Å². The highest BCUT2D eigenvalue weighted by atomic mass is 35.5. The number of methoxy groups -OCH3 is 1. The van der Waals surface area contributed by atoms with Crippen LogP contribution in [-0.4, -0.2) is 69.1 Å². The molecule has 0 saturated carbocycles. The molecular formula is C24H26ClN3O5. The minimum atomic E-state index is -0.647. The summed E-state index contributed by atoms with van der Waals surface area (Å²) in [6.45, 7) is 2.62. The standard InChI is InChI=1S/C24H26ClN3O5/c1-32-19-7-5-18(6-8-19)26-11-13-27(14-12-26)23(30)16-33-24(31)20-9-4-17(25)15-21(20)28-10-2-3-22(28)29/h4-9,15H,2-3,10-14,16H2,1H3. The van der Waals surface area contributed by atoms with Gasteiger partial charge in [-0.1, -0.05) is 11.6 Å². The van der Waals surface area contributed by atoms with Crippen molar-refractivity contribution < 1.29 is 23.9 Å². The number of amides is 2. The maximum Gasteiger partial charge on any atom is 0.340 e. The topological polar surface area (TPSA) is 79.4 Å². The predicted molar refractivity (Wildman–Crippen MR) is 125 cm³/mol. The lowest BCUT2D eigenvalue weighted by molar-refractivity contribution is -0.134. The number of rotatable bonds is 6. The minimum Gasteiger partial charge on any atom is -0.497 e. The summed E-state index contributed by atoms with van der Waals surface area (Å²) in [4.78, 5) is 43.0. The summed E-state index contributed by atoms with van der Waals surface area (Å²) < 4.78 is 10.5. The van der Waals surface area contributed by atoms with Crippen LogP contribution in [0.3, 0.4) is 0 Å². The van der Waals surface area contributed by atoms with Crippen LogP contribution >= 0.6 is 11.6 Å². The van der Waals surface area contributed by atoms with E-state index < -0.39 is 5.97 Å². The zero-order valence-electron chi connectivity index (χ0n) is 18.5. The number of benzene rings is 2. The maximum absolute atomic E-state index is 12.7. The first kappa shape index (κ1) is 22.9. The van der Waals surface area contributed by atoms with Gasteiger partial charge in [0.1, 0.15) is 5.75 Å². The first-order chi connectivity index (χ1) is 16.0. The Labute approximate surface area is 197 Å². The highest BCUT2D eigenvalue weighted by Crippen LogP contribution is 2.29. The SMILES string of the molecule is COc1ccc(N2CCN(C(=O)COC(=O)c3ccc(Cl)cc3N3CCCC3=O)CC2)cc1. The lowest BCUT2D eigenvalue weighted by atomic mass is 10.1. The predicted octanol–water partition coefficient (Wildman–Crippen LogP) is 2.98. The Morgan fingerprint density at radius 3 is 2.36 bits per heavy atom. The number of anilines is 2. The van der Waals surface area contributed by atoms with Crippen LogP contribution in [0.2, 0.25) is 5.02 Å². The monoisotopic (exact) mass is 471 g/mol. The van der Waals surface area contributed by atoms with Crippen LogP contribution in [0.5, 0.6) is 5.75 Å². The van der Waals surface area contributed by atoms with Gasteiger partial charge in [-0.05, 0) is 48.9 Å². The van der Waals surface area contributed by atoms with Crippen molar-refractivity contribution in [3.8, 4) is 5.75 Å². The maximum atomic E-state index is 12.7. The normalized spacial score (nSPS) is 16.2. The summed E-state index contributed by atoms with van der Waals surface area (Å²) in [5.74, 6) is -0.151. The van der Waals surface area contributed by atoms with E-state index in [4.69, 9.17) is 21.1 Å². The molecule has 2 fully saturated rings. The number of carbonyl (C=O) groups is 3. The van der Waals surface area contributed by atoms with Crippen LogP contribution in [-0.2, 0) is 14.3 Å². The Morgan fingerprint density at radius 2 is 1.73 bits per heavy atom. The molecule has 0 N–H and O–H groups in total. The molecule has 0 aromatic heterocycles. The fourth-order valence-corrected chi connectivity index (χ4v) is 4.27. The van der Waals surface area contributed by atoms with Crippen molar-refractivity contribution in [1.82, 2.24) is 4.90 Å². The van der Waals surface area contributed by atoms with E-state index in [0.717, 1.165) is 17.9 Å². The number of nitrogens with zero attached hydrogens (tertiary/aromatic N) is 3. The molecule has 2 aromatic carbocycles. The van der Waals surface area contributed by atoms with Gasteiger partial charge in [0.2, 0.25) is 5.91 Å². The molecule has 2 saturated heterocycles. The van der Waals surface area contributed by atoms with Crippen LogP contribution in [0.15, 0.2) is 42.5 Å². The zero-order chi connectivity index (χ0) is 23.4. The minimum absolute atomic E-state index is 0.0582. The fourth-order valence-electron chi connectivity index (χ4n) is 4.11. The van der Waals surface area contributed by atoms with E-state index in [1.165, 1.54) is 6.07 Å². The van der Waals surface area contributed by atoms with Gasteiger partial charge in [-0.2, -0.15) is 0 Å². The number of ether oxygens (including phenoxy) is 2. The molecule has 8 nitrogen and oxygen atoms in total. The van der Waals surface area contributed by atoms with Crippen LogP contribution in [0.25, 0.3) is 0 Å². The summed E-state index contributed by atoms with van der Waals surface area (Å²) in [5, 5.41) is 0.423. The van der Waals surface area contributed by atoms with Gasteiger partial charge in [0.25, 0.3) is 5.91 Å². The first-order valence-electron chi connectivity index (χ1n) is 10.9. The van der Waals surface area contributed by atoms with E-state index in [2.05, 4.69) is 4.90 Å². The molecule has 2 heterocycles. The molecule has 0 bridgehead atoms. The molecule has 4 rings (SSSR count). The molecular weight excluding hydrogens is 446 g/mol. The lowest BCUT2D eigenvalue weighted by Crippen LogP contribution is -2.49. The Morgan fingerprint density at radius 1 is 1.00 bits per heavy atom. The third kappa shape index (κ3) is 5.22. The van der Waals surface area contributed by atoms with Crippen molar-refractivity contribution in [1.29, 1.82) is 0 Å². The van der Waals surface area contributed by atoms with Crippen molar-refractivity contribution in [2.45, 2.75) is 12.8 Å². The third-order valence-electron chi connectivity index (χ3n) is 5.94. The molecule has 0 atom stereocenters. The Kier molecular flexibility index (Phi) is 7.03. The van der Waals surface area contributed by atoms with Crippen molar-refractivity contribution in [2.75, 3.05) is 56.2 Å². The molecule has 9 heteroatoms. The van der Waals surface area contributed by atoms with Gasteiger partial charge in [-0.15, -0.1) is 0 Å². The average molecular weight is 472 g/mol. The van der Waals surface area contributed by atoms with Crippen molar-refractivity contribution in [3.05, 3.63) is 53.1 Å². The Balaban J connectivity index is 1.32. The summed E-state index contributed by atoms with van der Waals surface area (Å²) in [6.07, 6.45) is 1.16. The highest BCUT2D eigenvalue weighted by molar-refractivity contribution is 6.31. The van der Waals surface area contributed by atoms with Crippen LogP contribution in [0.4, 0.5) is 11.4 Å². The molecule has 2 amide bonds. The van der Waals surface area contributed by atoms with E-state index in [1.54, 1.807) is 29.0 Å². The molecule has 2 aliphatic rings. The second kappa shape index (κ2) is 10.1. The van der Waals surface area contributed by atoms with E-state index in [-0.39, 0.29) is 24.0 Å². The summed E-state index contributed by atoms with van der Waals surface area (Å²) in [7, 11) is 1.63. The number of carbonyl (C=O) groups excluding carboxylic acids is 3. The number of hydrogen-bond acceptors (Lipinski definition) is 6. The van der Waals surface area contributed by atoms with Gasteiger partial charge < -0.3 is 24.2 Å². The lowest BCUT2D eigenvalue weighted by Gasteiger charge is -2.36. The van der Waals surface area contributed by atoms with Crippen molar-refractivity contribution in [3.63, 3.8) is 0 Å². The number of piperazine rings is 1. The number of esters is 1. The van der Waals surface area contributed by atoms with Crippen molar-refractivity contribution in [2.24, 2.45) is 0 Å². The van der Waals surface area contributed by atoms with Crippen LogP contribution in [0, 0.1) is 0 Å². The summed E-state index contributed by atoms with van der Waals surface area (Å²) >= 11 is 6.09. The molecule has 0 radical (unpaired) electrons. The zero-order valence-corrected chi connectivity index (χ0v) is 19.2. The Hall–Kier alpha value is -3.26. The van der Waals surface area contributed by atoms with E-state index in [0.29, 0.717) is 49.9 Å². The van der Waals surface area contributed by atoms with E-state index >= 15 is 0 Å². The number of hydrogen-bond donors (Lipinski definition) is 0. The summed E-state index contributed by atoms with van der Waals surface area (Å²) in [6, 6.07) is 12.5. The van der Waals surface area contributed by atoms with Gasteiger partial charge in [0.05, 0.1) is 18.4 Å². The summed E-state index contributed by atoms with van der Waals surface area (Å²) in [5.41, 5.74) is 1.73. The fraction of sp³-hybridized carbons (Fsp3) is 0.375. The van der Waals surface area contributed by atoms with E-state index in [1.807, 2.05) is 24.3 Å². The van der Waals surface area contributed by atoms with Crippen LogP contribution in [0.1, 0.15) is 23.2 Å². The Bertz CT molecular complexity index is 1030. The van der Waals surface area contributed by atoms with Gasteiger partial charge >= 0.3 is 5.97 Å². The van der Waals surface area contributed by atoms with Gasteiger partial charge in [-0.3, -0.25) is 9.59 Å². The molecule has 0 spiro atoms. The molecule has 33 heavy (non-hydrogen) atoms. The number of halogens is 1. The third-order valence-corrected chi connectivity index (χ3v) is 6.18. The largest absolute Gasteiger partial charge is 0.497 e. The van der Waals surface area contributed by atoms with Gasteiger partial charge in [-0.25, -0.2) is 4.79 Å². The van der Waals surface area contributed by atoms with Gasteiger partial charge in [0.15, 0.2) is 6.61 Å². The molecule has 174 valence electrons. The van der Waals surface area contributed by atoms with Crippen molar-refractivity contribution >= 4 is 40.8 Å². The molecule has 0 unspecified atom stereocenters. The highest BCUT2D eigenvalue weighted by Gasteiger charge is 2.28. The van der Waals surface area contributed by atoms with Crippen LogP contribution < -0.4 is 14.5 Å². The first-order valence-corrected chi connectivity index (χ1v) is 11.3. The average Bonchev–Trinajstić information content (AvgIpc) is 3.28. The van der Waals surface area contributed by atoms with E-state index in [9.17, 15) is 14.4 Å². The quantitative estimate of drug-likeness (QED) is 0.603. The molecule has 0 aliphatic carbocycles. The second-order valence-corrected chi connectivity index (χ2v) is 8.39. The molecule has 2 aliphatic heterocycles. The smallest absolute Gasteiger partial charge is 0.340 e. The molecule has 2 aromatic rings.